The van der Waals surface area contributed by atoms with Crippen LogP contribution in [-0.4, -0.2) is 54.5 Å². The van der Waals surface area contributed by atoms with Crippen LogP contribution in [0.4, 0.5) is 0 Å². The molecule has 7 nitrogen and oxygen atoms in total. The number of rotatable bonds is 7. The zero-order valence-corrected chi connectivity index (χ0v) is 17.3. The number of aliphatic imine (C=N–C) groups is 1. The minimum absolute atomic E-state index is 0.412. The lowest BCUT2D eigenvalue weighted by molar-refractivity contribution is 0.345. The molecule has 0 saturated carbocycles. The maximum absolute atomic E-state index is 5.48. The third-order valence-corrected chi connectivity index (χ3v) is 4.96. The summed E-state index contributed by atoms with van der Waals surface area (Å²) in [5.41, 5.74) is 2.58. The van der Waals surface area contributed by atoms with Crippen molar-refractivity contribution >= 4 is 5.96 Å². The standard InChI is InChI=1S/C21H31N5O2/c1-5-22-21(23-13-16(2)14-26-9-6-8-24-26)25-10-7-17-11-19(27-3)20(28-4)12-18(17)15-25/h6,8-9,11-12,16H,5,7,10,13-15H2,1-4H3,(H,22,23). The first-order valence-electron chi connectivity index (χ1n) is 9.89. The highest BCUT2D eigenvalue weighted by Crippen LogP contribution is 2.33. The van der Waals surface area contributed by atoms with Crippen LogP contribution < -0.4 is 14.8 Å². The molecular formula is C21H31N5O2. The van der Waals surface area contributed by atoms with E-state index in [1.165, 1.54) is 11.1 Å². The lowest BCUT2D eigenvalue weighted by Gasteiger charge is -2.32. The smallest absolute Gasteiger partial charge is 0.194 e. The van der Waals surface area contributed by atoms with Crippen molar-refractivity contribution in [3.8, 4) is 11.5 Å². The van der Waals surface area contributed by atoms with Crippen molar-refractivity contribution in [2.45, 2.75) is 33.4 Å². The summed E-state index contributed by atoms with van der Waals surface area (Å²) in [7, 11) is 3.36. The van der Waals surface area contributed by atoms with Crippen LogP contribution >= 0.6 is 0 Å². The Bertz CT molecular complexity index is 788. The molecule has 0 spiro atoms. The van der Waals surface area contributed by atoms with Gasteiger partial charge >= 0.3 is 0 Å². The molecule has 0 amide bonds. The van der Waals surface area contributed by atoms with Crippen LogP contribution in [-0.2, 0) is 19.5 Å². The Morgan fingerprint density at radius 3 is 2.64 bits per heavy atom. The second kappa shape index (κ2) is 9.48. The van der Waals surface area contributed by atoms with Gasteiger partial charge in [0.25, 0.3) is 0 Å². The predicted octanol–water partition coefficient (Wildman–Crippen LogP) is 2.56. The number of fused-ring (bicyclic) bond motifs is 1. The molecule has 0 bridgehead atoms. The van der Waals surface area contributed by atoms with E-state index < -0.39 is 0 Å². The van der Waals surface area contributed by atoms with Gasteiger partial charge in [-0.3, -0.25) is 9.67 Å². The number of ether oxygens (including phenoxy) is 2. The minimum Gasteiger partial charge on any atom is -0.493 e. The van der Waals surface area contributed by atoms with Crippen LogP contribution in [0.2, 0.25) is 0 Å². The average molecular weight is 386 g/mol. The van der Waals surface area contributed by atoms with Gasteiger partial charge in [-0.05, 0) is 48.6 Å². The van der Waals surface area contributed by atoms with Gasteiger partial charge in [0.2, 0.25) is 0 Å². The predicted molar refractivity (Wildman–Crippen MR) is 111 cm³/mol. The van der Waals surface area contributed by atoms with E-state index in [0.29, 0.717) is 5.92 Å². The molecule has 2 heterocycles. The molecule has 2 aromatic rings. The fourth-order valence-corrected chi connectivity index (χ4v) is 3.52. The topological polar surface area (TPSA) is 63.9 Å². The van der Waals surface area contributed by atoms with Gasteiger partial charge < -0.3 is 19.7 Å². The number of nitrogens with one attached hydrogen (secondary N) is 1. The summed E-state index contributed by atoms with van der Waals surface area (Å²) in [4.78, 5) is 7.22. The van der Waals surface area contributed by atoms with Gasteiger partial charge in [0.15, 0.2) is 17.5 Å². The molecule has 1 aliphatic heterocycles. The monoisotopic (exact) mass is 385 g/mol. The van der Waals surface area contributed by atoms with E-state index in [4.69, 9.17) is 14.5 Å². The Kier molecular flexibility index (Phi) is 6.79. The second-order valence-electron chi connectivity index (χ2n) is 7.18. The van der Waals surface area contributed by atoms with Crippen LogP contribution in [0.5, 0.6) is 11.5 Å². The molecule has 1 unspecified atom stereocenters. The quantitative estimate of drug-likeness (QED) is 0.586. The fourth-order valence-electron chi connectivity index (χ4n) is 3.52. The van der Waals surface area contributed by atoms with Gasteiger partial charge in [-0.15, -0.1) is 0 Å². The lowest BCUT2D eigenvalue weighted by Crippen LogP contribution is -2.44. The van der Waals surface area contributed by atoms with E-state index in [1.54, 1.807) is 14.2 Å². The average Bonchev–Trinajstić information content (AvgIpc) is 3.22. The number of hydrogen-bond acceptors (Lipinski definition) is 4. The Labute approximate surface area is 167 Å². The molecule has 1 N–H and O–H groups in total. The van der Waals surface area contributed by atoms with Gasteiger partial charge in [0.05, 0.1) is 14.2 Å². The number of nitrogens with zero attached hydrogens (tertiary/aromatic N) is 4. The SMILES string of the molecule is CCNC(=NCC(C)Cn1cccn1)N1CCc2cc(OC)c(OC)cc2C1. The summed E-state index contributed by atoms with van der Waals surface area (Å²) in [6, 6.07) is 6.14. The van der Waals surface area contributed by atoms with Crippen LogP contribution in [0, 0.1) is 5.92 Å². The van der Waals surface area contributed by atoms with Gasteiger partial charge in [-0.1, -0.05) is 6.92 Å². The Morgan fingerprint density at radius 2 is 2.00 bits per heavy atom. The van der Waals surface area contributed by atoms with Crippen LogP contribution in [0.25, 0.3) is 0 Å². The first-order chi connectivity index (χ1) is 13.6. The summed E-state index contributed by atoms with van der Waals surface area (Å²) in [5.74, 6) is 2.95. The van der Waals surface area contributed by atoms with E-state index in [2.05, 4.69) is 41.3 Å². The molecule has 1 aromatic carbocycles. The lowest BCUT2D eigenvalue weighted by atomic mass is 9.99. The molecule has 1 atom stereocenters. The highest BCUT2D eigenvalue weighted by atomic mass is 16.5. The molecule has 28 heavy (non-hydrogen) atoms. The number of guanidine groups is 1. The summed E-state index contributed by atoms with van der Waals surface area (Å²) in [5, 5.41) is 7.73. The summed E-state index contributed by atoms with van der Waals surface area (Å²) in [6.45, 7) is 8.54. The fraction of sp³-hybridized carbons (Fsp3) is 0.524. The van der Waals surface area contributed by atoms with Gasteiger partial charge in [0.1, 0.15) is 0 Å². The largest absolute Gasteiger partial charge is 0.493 e. The molecule has 1 aliphatic rings. The molecular weight excluding hydrogens is 354 g/mol. The van der Waals surface area contributed by atoms with Crippen molar-refractivity contribution in [3.63, 3.8) is 0 Å². The maximum Gasteiger partial charge on any atom is 0.194 e. The van der Waals surface area contributed by atoms with E-state index >= 15 is 0 Å². The van der Waals surface area contributed by atoms with Crippen molar-refractivity contribution in [3.05, 3.63) is 41.7 Å². The Balaban J connectivity index is 1.70. The highest BCUT2D eigenvalue weighted by Gasteiger charge is 2.21. The molecule has 3 rings (SSSR count). The van der Waals surface area contributed by atoms with Gasteiger partial charge in [-0.2, -0.15) is 5.10 Å². The van der Waals surface area contributed by atoms with Crippen LogP contribution in [0.1, 0.15) is 25.0 Å². The van der Waals surface area contributed by atoms with E-state index in [-0.39, 0.29) is 0 Å². The van der Waals surface area contributed by atoms with Crippen molar-refractivity contribution in [1.29, 1.82) is 0 Å². The molecule has 7 heteroatoms. The highest BCUT2D eigenvalue weighted by molar-refractivity contribution is 5.80. The first kappa shape index (κ1) is 20.0. The van der Waals surface area contributed by atoms with Gasteiger partial charge in [0, 0.05) is 45.1 Å². The number of benzene rings is 1. The number of aromatic nitrogens is 2. The Hall–Kier alpha value is -2.70. The third-order valence-electron chi connectivity index (χ3n) is 4.96. The third kappa shape index (κ3) is 4.77. The molecule has 0 aliphatic carbocycles. The maximum atomic E-state index is 5.48. The molecule has 0 fully saturated rings. The number of hydrogen-bond donors (Lipinski definition) is 1. The Morgan fingerprint density at radius 1 is 1.25 bits per heavy atom. The minimum atomic E-state index is 0.412. The van der Waals surface area contributed by atoms with Crippen molar-refractivity contribution < 1.29 is 9.47 Å². The van der Waals surface area contributed by atoms with Crippen LogP contribution in [0.15, 0.2) is 35.6 Å². The molecule has 0 saturated heterocycles. The summed E-state index contributed by atoms with van der Waals surface area (Å²) < 4.78 is 12.9. The first-order valence-corrected chi connectivity index (χ1v) is 9.89. The van der Waals surface area contributed by atoms with E-state index in [9.17, 15) is 0 Å². The van der Waals surface area contributed by atoms with E-state index in [0.717, 1.165) is 56.6 Å². The zero-order valence-electron chi connectivity index (χ0n) is 17.3. The van der Waals surface area contributed by atoms with Crippen molar-refractivity contribution in [2.75, 3.05) is 33.9 Å². The second-order valence-corrected chi connectivity index (χ2v) is 7.18. The zero-order chi connectivity index (χ0) is 19.9. The molecule has 0 radical (unpaired) electrons. The van der Waals surface area contributed by atoms with Crippen LogP contribution in [0.3, 0.4) is 0 Å². The van der Waals surface area contributed by atoms with Crippen molar-refractivity contribution in [2.24, 2.45) is 10.9 Å². The van der Waals surface area contributed by atoms with Crippen molar-refractivity contribution in [1.82, 2.24) is 20.0 Å². The molecule has 152 valence electrons. The van der Waals surface area contributed by atoms with Gasteiger partial charge in [-0.25, -0.2) is 0 Å². The summed E-state index contributed by atoms with van der Waals surface area (Å²) >= 11 is 0. The van der Waals surface area contributed by atoms with E-state index in [1.807, 2.05) is 23.1 Å². The summed E-state index contributed by atoms with van der Waals surface area (Å²) in [6.07, 6.45) is 4.77. The normalized spacial score (nSPS) is 15.1. The molecule has 1 aromatic heterocycles. The number of methoxy groups -OCH3 is 2.